The molecule has 0 amide bonds. The van der Waals surface area contributed by atoms with Crippen molar-refractivity contribution in [3.8, 4) is 5.75 Å². The second-order valence-corrected chi connectivity index (χ2v) is 5.20. The molecular weight excluding hydrogens is 260 g/mol. The molecule has 0 aliphatic carbocycles. The predicted molar refractivity (Wildman–Crippen MR) is 86.5 cm³/mol. The van der Waals surface area contributed by atoms with Gasteiger partial charge in [-0.1, -0.05) is 36.4 Å². The number of nitrogens with one attached hydrogen (secondary N) is 2. The summed E-state index contributed by atoms with van der Waals surface area (Å²) < 4.78 is 5.43. The number of H-pyrrole nitrogens is 1. The van der Waals surface area contributed by atoms with Gasteiger partial charge in [0.2, 0.25) is 0 Å². The van der Waals surface area contributed by atoms with Gasteiger partial charge >= 0.3 is 0 Å². The van der Waals surface area contributed by atoms with E-state index in [9.17, 15) is 0 Å². The van der Waals surface area contributed by atoms with Crippen LogP contribution in [-0.4, -0.2) is 12.1 Å². The third-order valence-electron chi connectivity index (χ3n) is 3.88. The highest BCUT2D eigenvalue weighted by atomic mass is 16.5. The number of hydrogen-bond acceptors (Lipinski definition) is 2. The molecule has 3 nitrogen and oxygen atoms in total. The third-order valence-corrected chi connectivity index (χ3v) is 3.88. The maximum atomic E-state index is 5.43. The van der Waals surface area contributed by atoms with Gasteiger partial charge in [0.15, 0.2) is 0 Å². The SMILES string of the molecule is COc1ccccc1C(C)NCc1c[nH]c2ccccc12. The molecule has 3 aromatic rings. The molecule has 1 heterocycles. The number of ether oxygens (including phenoxy) is 1. The van der Waals surface area contributed by atoms with Gasteiger partial charge in [0.05, 0.1) is 7.11 Å². The van der Waals surface area contributed by atoms with Gasteiger partial charge in [0.1, 0.15) is 5.75 Å². The minimum atomic E-state index is 0.231. The van der Waals surface area contributed by atoms with Crippen molar-refractivity contribution in [2.24, 2.45) is 0 Å². The highest BCUT2D eigenvalue weighted by molar-refractivity contribution is 5.82. The highest BCUT2D eigenvalue weighted by Gasteiger charge is 2.11. The quantitative estimate of drug-likeness (QED) is 0.740. The van der Waals surface area contributed by atoms with Crippen molar-refractivity contribution in [2.75, 3.05) is 7.11 Å². The average Bonchev–Trinajstić information content (AvgIpc) is 2.96. The third kappa shape index (κ3) is 2.78. The number of methoxy groups -OCH3 is 1. The van der Waals surface area contributed by atoms with E-state index in [1.807, 2.05) is 24.3 Å². The summed E-state index contributed by atoms with van der Waals surface area (Å²) in [5.74, 6) is 0.927. The Bertz CT molecular complexity index is 733. The Hall–Kier alpha value is -2.26. The Kier molecular flexibility index (Phi) is 3.93. The normalized spacial score (nSPS) is 12.5. The smallest absolute Gasteiger partial charge is 0.123 e. The maximum absolute atomic E-state index is 5.43. The monoisotopic (exact) mass is 280 g/mol. The number of hydrogen-bond donors (Lipinski definition) is 2. The van der Waals surface area contributed by atoms with Crippen LogP contribution in [0.4, 0.5) is 0 Å². The molecule has 1 unspecified atom stereocenters. The van der Waals surface area contributed by atoms with Crippen molar-refractivity contribution in [1.29, 1.82) is 0 Å². The van der Waals surface area contributed by atoms with E-state index < -0.39 is 0 Å². The number of aromatic amines is 1. The van der Waals surface area contributed by atoms with E-state index in [0.717, 1.165) is 12.3 Å². The number of para-hydroxylation sites is 2. The second kappa shape index (κ2) is 6.02. The summed E-state index contributed by atoms with van der Waals surface area (Å²) in [6.45, 7) is 2.98. The van der Waals surface area contributed by atoms with Crippen LogP contribution in [0.5, 0.6) is 5.75 Å². The Morgan fingerprint density at radius 2 is 1.86 bits per heavy atom. The van der Waals surface area contributed by atoms with E-state index in [1.54, 1.807) is 7.11 Å². The number of aromatic nitrogens is 1. The summed E-state index contributed by atoms with van der Waals surface area (Å²) in [6.07, 6.45) is 2.08. The molecule has 2 N–H and O–H groups in total. The van der Waals surface area contributed by atoms with Gasteiger partial charge in [-0.25, -0.2) is 0 Å². The molecule has 21 heavy (non-hydrogen) atoms. The Morgan fingerprint density at radius 1 is 1.10 bits per heavy atom. The van der Waals surface area contributed by atoms with Gasteiger partial charge < -0.3 is 15.0 Å². The number of benzene rings is 2. The van der Waals surface area contributed by atoms with Gasteiger partial charge in [-0.3, -0.25) is 0 Å². The first-order chi connectivity index (χ1) is 10.3. The molecule has 3 heteroatoms. The molecule has 1 aromatic heterocycles. The first kappa shape index (κ1) is 13.7. The maximum Gasteiger partial charge on any atom is 0.123 e. The van der Waals surface area contributed by atoms with E-state index in [1.165, 1.54) is 22.0 Å². The highest BCUT2D eigenvalue weighted by Crippen LogP contribution is 2.25. The molecular formula is C18H20N2O. The molecule has 0 bridgehead atoms. The van der Waals surface area contributed by atoms with Crippen LogP contribution in [0.2, 0.25) is 0 Å². The van der Waals surface area contributed by atoms with E-state index >= 15 is 0 Å². The summed E-state index contributed by atoms with van der Waals surface area (Å²) >= 11 is 0. The second-order valence-electron chi connectivity index (χ2n) is 5.20. The summed E-state index contributed by atoms with van der Waals surface area (Å²) in [5, 5.41) is 4.84. The summed E-state index contributed by atoms with van der Waals surface area (Å²) in [4.78, 5) is 3.31. The molecule has 0 radical (unpaired) electrons. The lowest BCUT2D eigenvalue weighted by Gasteiger charge is -2.17. The fourth-order valence-electron chi connectivity index (χ4n) is 2.68. The van der Waals surface area contributed by atoms with Crippen LogP contribution in [-0.2, 0) is 6.54 Å². The molecule has 0 spiro atoms. The summed E-state index contributed by atoms with van der Waals surface area (Å²) in [5.41, 5.74) is 3.64. The van der Waals surface area contributed by atoms with Crippen molar-refractivity contribution in [3.05, 3.63) is 65.9 Å². The van der Waals surface area contributed by atoms with E-state index in [4.69, 9.17) is 4.74 Å². The zero-order valence-corrected chi connectivity index (χ0v) is 12.4. The molecule has 0 saturated carbocycles. The number of rotatable bonds is 5. The molecule has 108 valence electrons. The molecule has 0 aliphatic heterocycles. The minimum absolute atomic E-state index is 0.231. The Labute approximate surface area is 125 Å². The molecule has 3 rings (SSSR count). The van der Waals surface area contributed by atoms with Crippen molar-refractivity contribution in [1.82, 2.24) is 10.3 Å². The standard InChI is InChI=1S/C18H20N2O/c1-13(15-7-4-6-10-18(15)21-2)19-11-14-12-20-17-9-5-3-8-16(14)17/h3-10,12-13,19-20H,11H2,1-2H3. The molecule has 2 aromatic carbocycles. The first-order valence-corrected chi connectivity index (χ1v) is 7.21. The summed E-state index contributed by atoms with van der Waals surface area (Å²) in [6, 6.07) is 16.7. The lowest BCUT2D eigenvalue weighted by Crippen LogP contribution is -2.18. The molecule has 0 aliphatic rings. The number of fused-ring (bicyclic) bond motifs is 1. The van der Waals surface area contributed by atoms with Crippen LogP contribution in [0, 0.1) is 0 Å². The molecule has 0 saturated heterocycles. The lowest BCUT2D eigenvalue weighted by molar-refractivity contribution is 0.401. The van der Waals surface area contributed by atoms with Gasteiger partial charge in [-0.05, 0) is 24.6 Å². The minimum Gasteiger partial charge on any atom is -0.496 e. The first-order valence-electron chi connectivity index (χ1n) is 7.21. The van der Waals surface area contributed by atoms with Crippen molar-refractivity contribution in [2.45, 2.75) is 19.5 Å². The molecule has 1 atom stereocenters. The summed E-state index contributed by atoms with van der Waals surface area (Å²) in [7, 11) is 1.71. The van der Waals surface area contributed by atoms with Gasteiger partial charge in [-0.15, -0.1) is 0 Å². The van der Waals surface area contributed by atoms with Crippen LogP contribution in [0.3, 0.4) is 0 Å². The topological polar surface area (TPSA) is 37.0 Å². The zero-order valence-electron chi connectivity index (χ0n) is 12.4. The van der Waals surface area contributed by atoms with E-state index in [2.05, 4.69) is 47.7 Å². The van der Waals surface area contributed by atoms with Crippen LogP contribution in [0.15, 0.2) is 54.7 Å². The van der Waals surface area contributed by atoms with Gasteiger partial charge in [0, 0.05) is 35.2 Å². The van der Waals surface area contributed by atoms with Crippen LogP contribution >= 0.6 is 0 Å². The largest absolute Gasteiger partial charge is 0.496 e. The Morgan fingerprint density at radius 3 is 2.71 bits per heavy atom. The van der Waals surface area contributed by atoms with Gasteiger partial charge in [0.25, 0.3) is 0 Å². The lowest BCUT2D eigenvalue weighted by atomic mass is 10.1. The Balaban J connectivity index is 1.75. The van der Waals surface area contributed by atoms with Gasteiger partial charge in [-0.2, -0.15) is 0 Å². The predicted octanol–water partition coefficient (Wildman–Crippen LogP) is 4.03. The van der Waals surface area contributed by atoms with Crippen LogP contribution in [0.25, 0.3) is 10.9 Å². The van der Waals surface area contributed by atoms with Crippen LogP contribution in [0.1, 0.15) is 24.1 Å². The fraction of sp³-hybridized carbons (Fsp3) is 0.222. The van der Waals surface area contributed by atoms with Crippen molar-refractivity contribution in [3.63, 3.8) is 0 Å². The van der Waals surface area contributed by atoms with E-state index in [0.29, 0.717) is 0 Å². The van der Waals surface area contributed by atoms with Crippen LogP contribution < -0.4 is 10.1 Å². The van der Waals surface area contributed by atoms with E-state index in [-0.39, 0.29) is 6.04 Å². The molecule has 0 fully saturated rings. The zero-order chi connectivity index (χ0) is 14.7. The fourth-order valence-corrected chi connectivity index (χ4v) is 2.68. The van der Waals surface area contributed by atoms with Crippen molar-refractivity contribution >= 4 is 10.9 Å². The van der Waals surface area contributed by atoms with Crippen molar-refractivity contribution < 1.29 is 4.74 Å². The average molecular weight is 280 g/mol.